The summed E-state index contributed by atoms with van der Waals surface area (Å²) in [5, 5.41) is 0. The van der Waals surface area contributed by atoms with Crippen molar-refractivity contribution >= 4 is 11.9 Å². The molecule has 0 aliphatic carbocycles. The van der Waals surface area contributed by atoms with Crippen molar-refractivity contribution in [3.63, 3.8) is 0 Å². The topological polar surface area (TPSA) is 14.2 Å². The first-order valence-corrected chi connectivity index (χ1v) is 2.16. The van der Waals surface area contributed by atoms with Gasteiger partial charge in [0.1, 0.15) is 0 Å². The molecular weight excluding hydrogens is 114 g/mol. The summed E-state index contributed by atoms with van der Waals surface area (Å²) < 4.78 is 5.63. The Hall–Kier alpha value is -0.630. The fourth-order valence-electron chi connectivity index (χ4n) is 0.365. The van der Waals surface area contributed by atoms with E-state index < -0.39 is 0 Å². The third-order valence-electron chi connectivity index (χ3n) is 0.657. The standard InChI is InChI=1S/C4H4ClNO/c5-7-6-3-1-2-4-6/h1-4H. The number of halogens is 1. The minimum atomic E-state index is 1.39. The van der Waals surface area contributed by atoms with Crippen LogP contribution in [0, 0.1) is 0 Å². The maximum atomic E-state index is 4.93. The average Bonchev–Trinajstić information content (AvgIpc) is 2.14. The van der Waals surface area contributed by atoms with E-state index in [-0.39, 0.29) is 0 Å². The van der Waals surface area contributed by atoms with Crippen molar-refractivity contribution < 1.29 is 4.39 Å². The largest absolute Gasteiger partial charge is 0.296 e. The summed E-state index contributed by atoms with van der Waals surface area (Å²) >= 11 is 4.93. The van der Waals surface area contributed by atoms with Crippen LogP contribution in [0.4, 0.5) is 0 Å². The molecule has 0 aromatic carbocycles. The van der Waals surface area contributed by atoms with Gasteiger partial charge in [0.2, 0.25) is 0 Å². The zero-order valence-corrected chi connectivity index (χ0v) is 4.30. The van der Waals surface area contributed by atoms with E-state index >= 15 is 0 Å². The first kappa shape index (κ1) is 4.53. The summed E-state index contributed by atoms with van der Waals surface area (Å²) in [6, 6.07) is 3.64. The summed E-state index contributed by atoms with van der Waals surface area (Å²) in [7, 11) is 0. The van der Waals surface area contributed by atoms with E-state index in [2.05, 4.69) is 4.39 Å². The molecule has 3 heteroatoms. The molecule has 0 unspecified atom stereocenters. The van der Waals surface area contributed by atoms with Crippen molar-refractivity contribution in [1.82, 2.24) is 4.73 Å². The summed E-state index contributed by atoms with van der Waals surface area (Å²) in [5.74, 6) is 0. The summed E-state index contributed by atoms with van der Waals surface area (Å²) in [6.45, 7) is 0. The fourth-order valence-corrected chi connectivity index (χ4v) is 0.457. The number of nitrogens with zero attached hydrogens (tertiary/aromatic N) is 1. The Morgan fingerprint density at radius 1 is 1.29 bits per heavy atom. The molecule has 1 heterocycles. The molecular formula is C4H4ClNO. The molecule has 0 saturated heterocycles. The molecule has 0 saturated carbocycles. The lowest BCUT2D eigenvalue weighted by Crippen LogP contribution is -1.93. The highest BCUT2D eigenvalue weighted by atomic mass is 35.5. The van der Waals surface area contributed by atoms with Crippen LogP contribution < -0.4 is 4.39 Å². The van der Waals surface area contributed by atoms with Gasteiger partial charge in [0.25, 0.3) is 0 Å². The summed E-state index contributed by atoms with van der Waals surface area (Å²) in [5.41, 5.74) is 0. The number of aromatic nitrogens is 1. The molecule has 0 fully saturated rings. The van der Waals surface area contributed by atoms with Crippen LogP contribution in [0.1, 0.15) is 0 Å². The third-order valence-corrected chi connectivity index (χ3v) is 0.816. The molecule has 0 radical (unpaired) electrons. The zero-order valence-electron chi connectivity index (χ0n) is 3.54. The molecule has 0 bridgehead atoms. The SMILES string of the molecule is ClOn1cccc1. The van der Waals surface area contributed by atoms with Crippen molar-refractivity contribution in [1.29, 1.82) is 0 Å². The smallest absolute Gasteiger partial charge is 0.165 e. The van der Waals surface area contributed by atoms with Crippen molar-refractivity contribution in [3.8, 4) is 0 Å². The van der Waals surface area contributed by atoms with Gasteiger partial charge < -0.3 is 0 Å². The first-order chi connectivity index (χ1) is 3.43. The highest BCUT2D eigenvalue weighted by Crippen LogP contribution is 1.85. The highest BCUT2D eigenvalue weighted by molar-refractivity contribution is 6.07. The second-order valence-electron chi connectivity index (χ2n) is 1.11. The Kier molecular flexibility index (Phi) is 1.22. The predicted octanol–water partition coefficient (Wildman–Crippen LogP) is 1.07. The molecule has 1 aromatic rings. The number of hydrogen-bond acceptors (Lipinski definition) is 1. The minimum absolute atomic E-state index is 1.39. The summed E-state index contributed by atoms with van der Waals surface area (Å²) in [4.78, 5) is 0. The van der Waals surface area contributed by atoms with E-state index in [1.54, 1.807) is 12.4 Å². The van der Waals surface area contributed by atoms with Gasteiger partial charge in [-0.3, -0.25) is 4.39 Å². The van der Waals surface area contributed by atoms with Crippen LogP contribution in [0.5, 0.6) is 0 Å². The normalized spacial score (nSPS) is 8.71. The molecule has 0 N–H and O–H groups in total. The fraction of sp³-hybridized carbons (Fsp3) is 0. The van der Waals surface area contributed by atoms with E-state index in [0.29, 0.717) is 0 Å². The molecule has 0 aliphatic rings. The van der Waals surface area contributed by atoms with E-state index in [1.807, 2.05) is 12.1 Å². The van der Waals surface area contributed by atoms with Gasteiger partial charge in [-0.15, -0.1) is 0 Å². The van der Waals surface area contributed by atoms with Crippen molar-refractivity contribution in [3.05, 3.63) is 24.5 Å². The number of hydrogen-bond donors (Lipinski definition) is 0. The van der Waals surface area contributed by atoms with Crippen LogP contribution in [0.25, 0.3) is 0 Å². The monoisotopic (exact) mass is 117 g/mol. The second-order valence-corrected chi connectivity index (χ2v) is 1.25. The Balaban J connectivity index is 2.76. The first-order valence-electron chi connectivity index (χ1n) is 1.85. The zero-order chi connectivity index (χ0) is 5.11. The van der Waals surface area contributed by atoms with Gasteiger partial charge in [-0.1, -0.05) is 0 Å². The van der Waals surface area contributed by atoms with Crippen molar-refractivity contribution in [2.45, 2.75) is 0 Å². The van der Waals surface area contributed by atoms with Crippen LogP contribution in [0.3, 0.4) is 0 Å². The van der Waals surface area contributed by atoms with Gasteiger partial charge in [-0.05, 0) is 12.1 Å². The molecule has 0 spiro atoms. The second kappa shape index (κ2) is 1.89. The quantitative estimate of drug-likeness (QED) is 0.537. The molecule has 38 valence electrons. The van der Waals surface area contributed by atoms with Crippen molar-refractivity contribution in [2.75, 3.05) is 0 Å². The Morgan fingerprint density at radius 2 is 1.86 bits per heavy atom. The third kappa shape index (κ3) is 0.871. The minimum Gasteiger partial charge on any atom is -0.296 e. The van der Waals surface area contributed by atoms with Gasteiger partial charge in [0, 0.05) is 12.4 Å². The van der Waals surface area contributed by atoms with Crippen LogP contribution in [-0.4, -0.2) is 4.73 Å². The molecule has 0 atom stereocenters. The Labute approximate surface area is 46.4 Å². The van der Waals surface area contributed by atoms with Gasteiger partial charge in [0.05, 0.1) is 0 Å². The molecule has 1 aromatic heterocycles. The molecule has 0 amide bonds. The van der Waals surface area contributed by atoms with Gasteiger partial charge in [-0.25, -0.2) is 0 Å². The maximum Gasteiger partial charge on any atom is 0.165 e. The predicted molar refractivity (Wildman–Crippen MR) is 26.9 cm³/mol. The van der Waals surface area contributed by atoms with Crippen LogP contribution >= 0.6 is 11.9 Å². The molecule has 0 aliphatic heterocycles. The molecule has 1 rings (SSSR count). The van der Waals surface area contributed by atoms with Crippen LogP contribution in [0.15, 0.2) is 24.5 Å². The average molecular weight is 118 g/mol. The van der Waals surface area contributed by atoms with E-state index in [9.17, 15) is 0 Å². The van der Waals surface area contributed by atoms with Gasteiger partial charge in [-0.2, -0.15) is 4.73 Å². The van der Waals surface area contributed by atoms with Gasteiger partial charge in [0.15, 0.2) is 11.9 Å². The maximum absolute atomic E-state index is 4.93. The van der Waals surface area contributed by atoms with Crippen molar-refractivity contribution in [2.24, 2.45) is 0 Å². The Morgan fingerprint density at radius 3 is 2.14 bits per heavy atom. The lowest BCUT2D eigenvalue weighted by Gasteiger charge is -1.88. The lowest BCUT2D eigenvalue weighted by atomic mass is 10.7. The van der Waals surface area contributed by atoms with E-state index in [1.165, 1.54) is 4.73 Å². The highest BCUT2D eigenvalue weighted by Gasteiger charge is 1.78. The van der Waals surface area contributed by atoms with Crippen LogP contribution in [-0.2, 0) is 0 Å². The van der Waals surface area contributed by atoms with Gasteiger partial charge >= 0.3 is 0 Å². The summed E-state index contributed by atoms with van der Waals surface area (Å²) in [6.07, 6.45) is 3.40. The van der Waals surface area contributed by atoms with Crippen LogP contribution in [0.2, 0.25) is 0 Å². The Bertz CT molecular complexity index is 126. The lowest BCUT2D eigenvalue weighted by molar-refractivity contribution is 0.305. The molecule has 7 heavy (non-hydrogen) atoms. The van der Waals surface area contributed by atoms with E-state index in [4.69, 9.17) is 11.9 Å². The van der Waals surface area contributed by atoms with E-state index in [0.717, 1.165) is 0 Å². The molecule has 2 nitrogen and oxygen atoms in total. The number of rotatable bonds is 1.